The van der Waals surface area contributed by atoms with E-state index < -0.39 is 0 Å². The number of nitrogens with zero attached hydrogens (tertiary/aromatic N) is 2. The Kier molecular flexibility index (Phi) is 5.10. The molecule has 118 valence electrons. The van der Waals surface area contributed by atoms with Gasteiger partial charge in [0.15, 0.2) is 0 Å². The standard InChI is InChI=1S/C18H19N3OS/c1-13-7-5-6-10-15(13)12-23-18-21-20-17(22-18)16(19)11-14-8-3-2-4-9-14/h2-10,16H,11-12,19H2,1H3/t16-/m0/s1. The molecule has 0 aliphatic rings. The van der Waals surface area contributed by atoms with Crippen LogP contribution in [0.5, 0.6) is 0 Å². The van der Waals surface area contributed by atoms with Gasteiger partial charge in [0.1, 0.15) is 0 Å². The first-order valence-corrected chi connectivity index (χ1v) is 8.51. The highest BCUT2D eigenvalue weighted by Crippen LogP contribution is 2.25. The monoisotopic (exact) mass is 325 g/mol. The van der Waals surface area contributed by atoms with E-state index >= 15 is 0 Å². The maximum Gasteiger partial charge on any atom is 0.276 e. The lowest BCUT2D eigenvalue weighted by Gasteiger charge is -2.06. The average Bonchev–Trinajstić information content (AvgIpc) is 3.04. The van der Waals surface area contributed by atoms with Crippen molar-refractivity contribution in [2.45, 2.75) is 30.4 Å². The van der Waals surface area contributed by atoms with Crippen LogP contribution >= 0.6 is 11.8 Å². The van der Waals surface area contributed by atoms with Crippen molar-refractivity contribution in [3.63, 3.8) is 0 Å². The number of nitrogens with two attached hydrogens (primary N) is 1. The van der Waals surface area contributed by atoms with Gasteiger partial charge in [-0.15, -0.1) is 10.2 Å². The zero-order chi connectivity index (χ0) is 16.1. The fraction of sp³-hybridized carbons (Fsp3) is 0.222. The molecule has 0 aliphatic heterocycles. The van der Waals surface area contributed by atoms with Gasteiger partial charge in [0.25, 0.3) is 5.22 Å². The summed E-state index contributed by atoms with van der Waals surface area (Å²) in [5.74, 6) is 1.29. The summed E-state index contributed by atoms with van der Waals surface area (Å²) >= 11 is 1.54. The molecule has 23 heavy (non-hydrogen) atoms. The Bertz CT molecular complexity index is 758. The van der Waals surface area contributed by atoms with E-state index in [-0.39, 0.29) is 6.04 Å². The molecule has 0 spiro atoms. The molecule has 5 heteroatoms. The number of aromatic nitrogens is 2. The molecule has 0 unspecified atom stereocenters. The second-order valence-electron chi connectivity index (χ2n) is 5.42. The van der Waals surface area contributed by atoms with Gasteiger partial charge in [-0.1, -0.05) is 66.4 Å². The van der Waals surface area contributed by atoms with E-state index in [0.717, 1.165) is 11.3 Å². The number of hydrogen-bond donors (Lipinski definition) is 1. The van der Waals surface area contributed by atoms with E-state index in [1.54, 1.807) is 0 Å². The first-order valence-electron chi connectivity index (χ1n) is 7.52. The van der Waals surface area contributed by atoms with Crippen LogP contribution in [0, 0.1) is 6.92 Å². The van der Waals surface area contributed by atoms with Gasteiger partial charge < -0.3 is 10.2 Å². The van der Waals surface area contributed by atoms with Gasteiger partial charge in [-0.05, 0) is 30.0 Å². The van der Waals surface area contributed by atoms with Crippen molar-refractivity contribution in [1.29, 1.82) is 0 Å². The molecule has 1 atom stereocenters. The van der Waals surface area contributed by atoms with E-state index in [9.17, 15) is 0 Å². The number of aryl methyl sites for hydroxylation is 1. The highest BCUT2D eigenvalue weighted by molar-refractivity contribution is 7.98. The summed E-state index contributed by atoms with van der Waals surface area (Å²) in [7, 11) is 0. The summed E-state index contributed by atoms with van der Waals surface area (Å²) in [6.07, 6.45) is 0.685. The zero-order valence-corrected chi connectivity index (χ0v) is 13.8. The van der Waals surface area contributed by atoms with Crippen LogP contribution < -0.4 is 5.73 Å². The van der Waals surface area contributed by atoms with E-state index in [1.807, 2.05) is 42.5 Å². The molecule has 0 saturated heterocycles. The molecule has 4 nitrogen and oxygen atoms in total. The molecular weight excluding hydrogens is 306 g/mol. The Morgan fingerprint density at radius 3 is 2.57 bits per heavy atom. The van der Waals surface area contributed by atoms with Gasteiger partial charge >= 0.3 is 0 Å². The van der Waals surface area contributed by atoms with Crippen molar-refractivity contribution < 1.29 is 4.42 Å². The summed E-state index contributed by atoms with van der Waals surface area (Å²) in [6.45, 7) is 2.10. The van der Waals surface area contributed by atoms with Crippen molar-refractivity contribution >= 4 is 11.8 Å². The van der Waals surface area contributed by atoms with Crippen LogP contribution in [0.25, 0.3) is 0 Å². The Balaban J connectivity index is 1.60. The van der Waals surface area contributed by atoms with Crippen LogP contribution in [0.3, 0.4) is 0 Å². The third kappa shape index (κ3) is 4.21. The molecular formula is C18H19N3OS. The summed E-state index contributed by atoms with van der Waals surface area (Å²) in [5.41, 5.74) is 9.86. The van der Waals surface area contributed by atoms with Gasteiger partial charge in [-0.2, -0.15) is 0 Å². The molecule has 3 aromatic rings. The molecule has 0 saturated carbocycles. The molecule has 2 aromatic carbocycles. The van der Waals surface area contributed by atoms with Crippen molar-refractivity contribution in [3.8, 4) is 0 Å². The summed E-state index contributed by atoms with van der Waals surface area (Å²) in [5, 5.41) is 8.74. The minimum absolute atomic E-state index is 0.280. The van der Waals surface area contributed by atoms with Crippen molar-refractivity contribution in [2.24, 2.45) is 5.73 Å². The van der Waals surface area contributed by atoms with Crippen LogP contribution in [-0.4, -0.2) is 10.2 Å². The Morgan fingerprint density at radius 1 is 1.04 bits per heavy atom. The Hall–Kier alpha value is -2.11. The molecule has 2 N–H and O–H groups in total. The van der Waals surface area contributed by atoms with Gasteiger partial charge in [0.2, 0.25) is 5.89 Å². The minimum atomic E-state index is -0.280. The second-order valence-corrected chi connectivity index (χ2v) is 6.34. The SMILES string of the molecule is Cc1ccccc1CSc1nnc([C@@H](N)Cc2ccccc2)o1. The number of benzene rings is 2. The third-order valence-corrected chi connectivity index (χ3v) is 4.52. The van der Waals surface area contributed by atoms with Crippen molar-refractivity contribution in [2.75, 3.05) is 0 Å². The lowest BCUT2D eigenvalue weighted by molar-refractivity contribution is 0.385. The fourth-order valence-electron chi connectivity index (χ4n) is 2.30. The number of rotatable bonds is 6. The third-order valence-electron chi connectivity index (χ3n) is 3.65. The largest absolute Gasteiger partial charge is 0.414 e. The smallest absolute Gasteiger partial charge is 0.276 e. The zero-order valence-electron chi connectivity index (χ0n) is 13.0. The van der Waals surface area contributed by atoms with Crippen LogP contribution in [0.15, 0.2) is 64.2 Å². The van der Waals surface area contributed by atoms with E-state index in [0.29, 0.717) is 17.5 Å². The van der Waals surface area contributed by atoms with E-state index in [1.165, 1.54) is 22.9 Å². The molecule has 0 bridgehead atoms. The summed E-state index contributed by atoms with van der Waals surface area (Å²) in [6, 6.07) is 18.1. The molecule has 1 aromatic heterocycles. The predicted molar refractivity (Wildman–Crippen MR) is 92.1 cm³/mol. The first-order chi connectivity index (χ1) is 11.2. The summed E-state index contributed by atoms with van der Waals surface area (Å²) in [4.78, 5) is 0. The second kappa shape index (κ2) is 7.44. The lowest BCUT2D eigenvalue weighted by atomic mass is 10.1. The predicted octanol–water partition coefficient (Wildman–Crippen LogP) is 3.91. The lowest BCUT2D eigenvalue weighted by Crippen LogP contribution is -2.13. The van der Waals surface area contributed by atoms with E-state index in [4.69, 9.17) is 10.2 Å². The van der Waals surface area contributed by atoms with Gasteiger partial charge in [-0.25, -0.2) is 0 Å². The topological polar surface area (TPSA) is 64.9 Å². The summed E-state index contributed by atoms with van der Waals surface area (Å²) < 4.78 is 5.69. The highest BCUT2D eigenvalue weighted by Gasteiger charge is 2.15. The maximum atomic E-state index is 6.17. The molecule has 0 amide bonds. The van der Waals surface area contributed by atoms with Crippen LogP contribution in [0.4, 0.5) is 0 Å². The van der Waals surface area contributed by atoms with Crippen molar-refractivity contribution in [3.05, 3.63) is 77.2 Å². The Labute approximate surface area is 140 Å². The van der Waals surface area contributed by atoms with Crippen molar-refractivity contribution in [1.82, 2.24) is 10.2 Å². The van der Waals surface area contributed by atoms with Crippen LogP contribution in [0.1, 0.15) is 28.6 Å². The Morgan fingerprint density at radius 2 is 1.78 bits per heavy atom. The molecule has 3 rings (SSSR count). The van der Waals surface area contributed by atoms with E-state index in [2.05, 4.69) is 29.3 Å². The normalized spacial score (nSPS) is 12.3. The molecule has 1 heterocycles. The molecule has 0 fully saturated rings. The quantitative estimate of drug-likeness (QED) is 0.696. The van der Waals surface area contributed by atoms with Crippen LogP contribution in [0.2, 0.25) is 0 Å². The van der Waals surface area contributed by atoms with Gasteiger partial charge in [0.05, 0.1) is 6.04 Å². The van der Waals surface area contributed by atoms with Crippen LogP contribution in [-0.2, 0) is 12.2 Å². The minimum Gasteiger partial charge on any atom is -0.414 e. The maximum absolute atomic E-state index is 6.17. The average molecular weight is 325 g/mol. The van der Waals surface area contributed by atoms with Gasteiger partial charge in [-0.3, -0.25) is 0 Å². The molecule has 0 radical (unpaired) electrons. The number of hydrogen-bond acceptors (Lipinski definition) is 5. The van der Waals surface area contributed by atoms with Gasteiger partial charge in [0, 0.05) is 5.75 Å². The first kappa shape index (κ1) is 15.8. The molecule has 0 aliphatic carbocycles. The highest BCUT2D eigenvalue weighted by atomic mass is 32.2. The number of thioether (sulfide) groups is 1. The fourth-order valence-corrected chi connectivity index (χ4v) is 3.14.